The molecule has 3 rings (SSSR count). The summed E-state index contributed by atoms with van der Waals surface area (Å²) >= 11 is 0. The Morgan fingerprint density at radius 2 is 2.04 bits per heavy atom. The van der Waals surface area contributed by atoms with Crippen molar-refractivity contribution in [2.45, 2.75) is 6.92 Å². The number of nitrogens with two attached hydrogens (primary N) is 1. The molecule has 1 atom stereocenters. The number of amides is 2. The SMILES string of the molecule is CC(=O)Nc1cccc(OC(=O)C2=CC3C(=O)N=C(N)N=C3C=C2)c1. The summed E-state index contributed by atoms with van der Waals surface area (Å²) < 4.78 is 5.29. The van der Waals surface area contributed by atoms with Gasteiger partial charge in [0.1, 0.15) is 11.7 Å². The molecule has 0 saturated carbocycles. The van der Waals surface area contributed by atoms with Gasteiger partial charge in [0.25, 0.3) is 5.91 Å². The fourth-order valence-corrected chi connectivity index (χ4v) is 2.39. The van der Waals surface area contributed by atoms with Crippen molar-refractivity contribution in [1.82, 2.24) is 0 Å². The standard InChI is InChI=1S/C17H14N4O4/c1-9(22)19-11-3-2-4-12(8-11)25-16(24)10-5-6-14-13(7-10)15(23)21-17(18)20-14/h2-8,13H,1H3,(H,19,22)(H2,18,21,23). The van der Waals surface area contributed by atoms with Crippen molar-refractivity contribution in [1.29, 1.82) is 0 Å². The molecule has 3 N–H and O–H groups in total. The summed E-state index contributed by atoms with van der Waals surface area (Å²) in [6, 6.07) is 6.42. The molecule has 1 heterocycles. The highest BCUT2D eigenvalue weighted by atomic mass is 16.5. The predicted octanol–water partition coefficient (Wildman–Crippen LogP) is 0.959. The van der Waals surface area contributed by atoms with Gasteiger partial charge in [-0.15, -0.1) is 0 Å². The zero-order valence-corrected chi connectivity index (χ0v) is 13.2. The van der Waals surface area contributed by atoms with Gasteiger partial charge in [-0.25, -0.2) is 9.79 Å². The summed E-state index contributed by atoms with van der Waals surface area (Å²) in [5, 5.41) is 2.60. The van der Waals surface area contributed by atoms with Crippen LogP contribution in [-0.2, 0) is 14.4 Å². The number of nitrogens with zero attached hydrogens (tertiary/aromatic N) is 2. The lowest BCUT2D eigenvalue weighted by Gasteiger charge is -2.18. The van der Waals surface area contributed by atoms with Gasteiger partial charge in [0.15, 0.2) is 0 Å². The maximum atomic E-state index is 12.3. The Morgan fingerprint density at radius 3 is 2.80 bits per heavy atom. The first kappa shape index (κ1) is 16.3. The van der Waals surface area contributed by atoms with Gasteiger partial charge in [-0.2, -0.15) is 4.99 Å². The minimum Gasteiger partial charge on any atom is -0.423 e. The van der Waals surface area contributed by atoms with E-state index in [-0.39, 0.29) is 23.2 Å². The molecule has 1 aromatic rings. The maximum absolute atomic E-state index is 12.3. The normalized spacial score (nSPS) is 18.5. The minimum atomic E-state index is -0.745. The summed E-state index contributed by atoms with van der Waals surface area (Å²) in [5.74, 6) is -1.93. The first-order valence-corrected chi connectivity index (χ1v) is 7.39. The molecular weight excluding hydrogens is 324 g/mol. The Kier molecular flexibility index (Phi) is 4.25. The van der Waals surface area contributed by atoms with E-state index in [0.29, 0.717) is 11.4 Å². The number of aliphatic imine (C=N–C) groups is 2. The van der Waals surface area contributed by atoms with E-state index in [2.05, 4.69) is 15.3 Å². The second-order valence-corrected chi connectivity index (χ2v) is 5.38. The van der Waals surface area contributed by atoms with Crippen molar-refractivity contribution in [2.24, 2.45) is 21.6 Å². The molecule has 0 radical (unpaired) electrons. The van der Waals surface area contributed by atoms with Crippen LogP contribution in [-0.4, -0.2) is 29.5 Å². The Hall–Kier alpha value is -3.55. The average Bonchev–Trinajstić information content (AvgIpc) is 2.54. The van der Waals surface area contributed by atoms with Crippen LogP contribution in [0, 0.1) is 5.92 Å². The molecule has 8 nitrogen and oxygen atoms in total. The van der Waals surface area contributed by atoms with Gasteiger partial charge in [-0.05, 0) is 24.3 Å². The van der Waals surface area contributed by atoms with Crippen LogP contribution in [0.4, 0.5) is 5.69 Å². The molecule has 25 heavy (non-hydrogen) atoms. The molecule has 1 aliphatic heterocycles. The quantitative estimate of drug-likeness (QED) is 0.627. The van der Waals surface area contributed by atoms with E-state index in [4.69, 9.17) is 10.5 Å². The van der Waals surface area contributed by atoms with Gasteiger partial charge < -0.3 is 15.8 Å². The third-order valence-corrected chi connectivity index (χ3v) is 3.43. The van der Waals surface area contributed by atoms with Gasteiger partial charge in [0.2, 0.25) is 11.9 Å². The largest absolute Gasteiger partial charge is 0.423 e. The van der Waals surface area contributed by atoms with Crippen molar-refractivity contribution in [3.63, 3.8) is 0 Å². The monoisotopic (exact) mass is 338 g/mol. The van der Waals surface area contributed by atoms with Crippen LogP contribution >= 0.6 is 0 Å². The molecule has 0 spiro atoms. The Bertz CT molecular complexity index is 896. The van der Waals surface area contributed by atoms with Crippen LogP contribution < -0.4 is 15.8 Å². The summed E-state index contributed by atoms with van der Waals surface area (Å²) in [4.78, 5) is 42.8. The lowest BCUT2D eigenvalue weighted by molar-refractivity contribution is -0.129. The van der Waals surface area contributed by atoms with Crippen LogP contribution in [0.3, 0.4) is 0 Å². The number of anilines is 1. The number of benzene rings is 1. The van der Waals surface area contributed by atoms with Crippen LogP contribution in [0.5, 0.6) is 5.75 Å². The van der Waals surface area contributed by atoms with Crippen molar-refractivity contribution in [2.75, 3.05) is 5.32 Å². The average molecular weight is 338 g/mol. The number of allylic oxidation sites excluding steroid dienone is 1. The van der Waals surface area contributed by atoms with E-state index < -0.39 is 17.8 Å². The van der Waals surface area contributed by atoms with Gasteiger partial charge in [0.05, 0.1) is 11.3 Å². The fraction of sp³-hybridized carbons (Fsp3) is 0.118. The fourth-order valence-electron chi connectivity index (χ4n) is 2.39. The summed E-state index contributed by atoms with van der Waals surface area (Å²) in [6.07, 6.45) is 4.48. The number of guanidine groups is 1. The first-order valence-electron chi connectivity index (χ1n) is 7.39. The third-order valence-electron chi connectivity index (χ3n) is 3.43. The number of esters is 1. The number of rotatable bonds is 3. The zero-order chi connectivity index (χ0) is 18.0. The Morgan fingerprint density at radius 1 is 1.24 bits per heavy atom. The molecular formula is C17H14N4O4. The minimum absolute atomic E-state index is 0.102. The molecule has 8 heteroatoms. The highest BCUT2D eigenvalue weighted by molar-refractivity contribution is 6.22. The van der Waals surface area contributed by atoms with E-state index in [1.54, 1.807) is 18.2 Å². The van der Waals surface area contributed by atoms with Crippen molar-refractivity contribution < 1.29 is 19.1 Å². The molecule has 0 saturated heterocycles. The molecule has 1 aliphatic carbocycles. The number of fused-ring (bicyclic) bond motifs is 1. The van der Waals surface area contributed by atoms with Gasteiger partial charge in [0, 0.05) is 18.7 Å². The van der Waals surface area contributed by atoms with E-state index >= 15 is 0 Å². The van der Waals surface area contributed by atoms with Gasteiger partial charge in [-0.3, -0.25) is 9.59 Å². The van der Waals surface area contributed by atoms with E-state index in [1.165, 1.54) is 31.2 Å². The van der Waals surface area contributed by atoms with Crippen LogP contribution in [0.15, 0.2) is 58.1 Å². The lowest BCUT2D eigenvalue weighted by atomic mass is 9.93. The topological polar surface area (TPSA) is 123 Å². The van der Waals surface area contributed by atoms with Crippen LogP contribution in [0.1, 0.15) is 6.92 Å². The molecule has 0 fully saturated rings. The van der Waals surface area contributed by atoms with E-state index in [9.17, 15) is 14.4 Å². The number of hydrogen-bond donors (Lipinski definition) is 2. The molecule has 2 aliphatic rings. The number of carbonyl (C=O) groups excluding carboxylic acids is 3. The Labute approximate surface area is 142 Å². The lowest BCUT2D eigenvalue weighted by Crippen LogP contribution is -2.31. The second-order valence-electron chi connectivity index (χ2n) is 5.38. The van der Waals surface area contributed by atoms with Gasteiger partial charge >= 0.3 is 5.97 Å². The summed E-state index contributed by atoms with van der Waals surface area (Å²) in [6.45, 7) is 1.38. The molecule has 0 bridgehead atoms. The van der Waals surface area contributed by atoms with Gasteiger partial charge in [-0.1, -0.05) is 12.1 Å². The third kappa shape index (κ3) is 3.69. The zero-order valence-electron chi connectivity index (χ0n) is 13.2. The highest BCUT2D eigenvalue weighted by Gasteiger charge is 2.29. The van der Waals surface area contributed by atoms with E-state index in [1.807, 2.05) is 0 Å². The summed E-state index contributed by atoms with van der Waals surface area (Å²) in [7, 11) is 0. The summed E-state index contributed by atoms with van der Waals surface area (Å²) in [5.41, 5.74) is 6.59. The first-order chi connectivity index (χ1) is 11.9. The number of nitrogens with one attached hydrogen (secondary N) is 1. The van der Waals surface area contributed by atoms with Crippen molar-refractivity contribution >= 4 is 35.1 Å². The second kappa shape index (κ2) is 6.52. The highest BCUT2D eigenvalue weighted by Crippen LogP contribution is 2.22. The van der Waals surface area contributed by atoms with Crippen LogP contribution in [0.25, 0.3) is 0 Å². The van der Waals surface area contributed by atoms with E-state index in [0.717, 1.165) is 0 Å². The van der Waals surface area contributed by atoms with Crippen LogP contribution in [0.2, 0.25) is 0 Å². The smallest absolute Gasteiger partial charge is 0.343 e. The number of carbonyl (C=O) groups is 3. The van der Waals surface area contributed by atoms with Crippen molar-refractivity contribution in [3.05, 3.63) is 48.1 Å². The molecule has 126 valence electrons. The maximum Gasteiger partial charge on any atom is 0.343 e. The molecule has 0 aromatic heterocycles. The Balaban J connectivity index is 1.76. The van der Waals surface area contributed by atoms with Crippen molar-refractivity contribution in [3.8, 4) is 5.75 Å². The molecule has 2 amide bonds. The number of hydrogen-bond acceptors (Lipinski definition) is 6. The molecule has 1 unspecified atom stereocenters. The number of ether oxygens (including phenoxy) is 1. The predicted molar refractivity (Wildman–Crippen MR) is 91.2 cm³/mol. The molecule has 1 aromatic carbocycles.